The number of ether oxygens (including phenoxy) is 2. The molecule has 0 aromatic carbocycles. The van der Waals surface area contributed by atoms with Gasteiger partial charge in [0.25, 0.3) is 0 Å². The van der Waals surface area contributed by atoms with E-state index in [4.69, 9.17) is 9.47 Å². The normalized spacial score (nSPS) is 22.7. The molecule has 6 heteroatoms. The summed E-state index contributed by atoms with van der Waals surface area (Å²) in [5, 5.41) is 0. The Bertz CT molecular complexity index is 312. The van der Waals surface area contributed by atoms with Crippen molar-refractivity contribution in [1.29, 1.82) is 0 Å². The van der Waals surface area contributed by atoms with Gasteiger partial charge in [0.15, 0.2) is 0 Å². The quantitative estimate of drug-likeness (QED) is 0.491. The molecule has 0 unspecified atom stereocenters. The summed E-state index contributed by atoms with van der Waals surface area (Å²) in [5.41, 5.74) is 2.25. The fourth-order valence-corrected chi connectivity index (χ4v) is 7.59. The highest BCUT2D eigenvalue weighted by Gasteiger charge is 2.28. The van der Waals surface area contributed by atoms with Gasteiger partial charge in [-0.15, -0.1) is 12.3 Å². The lowest BCUT2D eigenvalue weighted by atomic mass is 10.4. The molecule has 0 radical (unpaired) electrons. The van der Waals surface area contributed by atoms with E-state index in [9.17, 15) is 0 Å². The molecule has 0 spiro atoms. The zero-order valence-electron chi connectivity index (χ0n) is 14.6. The molecule has 0 N–H and O–H groups in total. The molecular formula is C16H34N2O2Si2. The minimum Gasteiger partial charge on any atom is -0.379 e. The monoisotopic (exact) mass is 342 g/mol. The van der Waals surface area contributed by atoms with E-state index in [0.717, 1.165) is 58.4 Å². The van der Waals surface area contributed by atoms with Crippen molar-refractivity contribution in [2.24, 2.45) is 0 Å². The van der Waals surface area contributed by atoms with E-state index in [2.05, 4.69) is 35.2 Å². The van der Waals surface area contributed by atoms with Crippen molar-refractivity contribution in [1.82, 2.24) is 9.80 Å². The average Bonchev–Trinajstić information content (AvgIpc) is 2.56. The number of hydrogen-bond acceptors (Lipinski definition) is 4. The summed E-state index contributed by atoms with van der Waals surface area (Å²) >= 11 is 0. The van der Waals surface area contributed by atoms with Crippen LogP contribution in [0.25, 0.3) is 0 Å². The molecular weight excluding hydrogens is 308 g/mol. The lowest BCUT2D eigenvalue weighted by Crippen LogP contribution is -2.58. The van der Waals surface area contributed by atoms with Crippen LogP contribution in [0, 0.1) is 0 Å². The third kappa shape index (κ3) is 5.90. The van der Waals surface area contributed by atoms with E-state index < -0.39 is 8.07 Å². The molecule has 2 aliphatic heterocycles. The predicted octanol–water partition coefficient (Wildman–Crippen LogP) is 1.35. The van der Waals surface area contributed by atoms with Crippen LogP contribution in [-0.4, -0.2) is 85.8 Å². The Morgan fingerprint density at radius 2 is 1.55 bits per heavy atom. The van der Waals surface area contributed by atoms with Gasteiger partial charge in [-0.1, -0.05) is 31.6 Å². The zero-order chi connectivity index (χ0) is 15.8. The fourth-order valence-electron chi connectivity index (χ4n) is 3.36. The molecule has 0 aromatic heterocycles. The zero-order valence-corrected chi connectivity index (χ0v) is 17.0. The Hall–Kier alpha value is 0.0138. The molecule has 2 aliphatic rings. The Balaban J connectivity index is 1.82. The fraction of sp³-hybridized carbons (Fsp3) is 0.875. The molecule has 2 heterocycles. The molecule has 0 aliphatic carbocycles. The summed E-state index contributed by atoms with van der Waals surface area (Å²) in [7, 11) is -1.22. The lowest BCUT2D eigenvalue weighted by Gasteiger charge is -2.43. The van der Waals surface area contributed by atoms with Gasteiger partial charge in [0.1, 0.15) is 0 Å². The Morgan fingerprint density at radius 3 is 2.00 bits per heavy atom. The Kier molecular flexibility index (Phi) is 7.80. The highest BCUT2D eigenvalue weighted by molar-refractivity contribution is 6.82. The van der Waals surface area contributed by atoms with Crippen molar-refractivity contribution in [3.8, 4) is 0 Å². The third-order valence-electron chi connectivity index (χ3n) is 5.02. The van der Waals surface area contributed by atoms with Crippen molar-refractivity contribution >= 4 is 17.6 Å². The predicted molar refractivity (Wildman–Crippen MR) is 99.0 cm³/mol. The molecule has 2 fully saturated rings. The Labute approximate surface area is 139 Å². The number of morpholine rings is 2. The Morgan fingerprint density at radius 1 is 1.05 bits per heavy atom. The van der Waals surface area contributed by atoms with E-state index in [1.165, 1.54) is 18.5 Å². The molecule has 0 saturated carbocycles. The van der Waals surface area contributed by atoms with Crippen LogP contribution in [0.2, 0.25) is 25.2 Å². The molecule has 2 rings (SSSR count). The average molecular weight is 343 g/mol. The van der Waals surface area contributed by atoms with Crippen LogP contribution in [-0.2, 0) is 9.47 Å². The van der Waals surface area contributed by atoms with E-state index in [0.29, 0.717) is 0 Å². The van der Waals surface area contributed by atoms with Crippen LogP contribution in [0.4, 0.5) is 0 Å². The summed E-state index contributed by atoms with van der Waals surface area (Å²) in [6, 6.07) is 2.87. The SMILES string of the molecule is C=C[Si](C)(C)CCC[SiH2]C(N1CCOCC1)N1CCOCC1. The van der Waals surface area contributed by atoms with Crippen molar-refractivity contribution in [3.63, 3.8) is 0 Å². The van der Waals surface area contributed by atoms with Gasteiger partial charge in [-0.05, 0) is 0 Å². The van der Waals surface area contributed by atoms with Crippen molar-refractivity contribution in [2.75, 3.05) is 52.6 Å². The van der Waals surface area contributed by atoms with Gasteiger partial charge in [0, 0.05) is 32.0 Å². The number of hydrogen-bond donors (Lipinski definition) is 0. The van der Waals surface area contributed by atoms with Gasteiger partial charge < -0.3 is 9.47 Å². The van der Waals surface area contributed by atoms with Gasteiger partial charge in [0.2, 0.25) is 0 Å². The molecule has 0 amide bonds. The summed E-state index contributed by atoms with van der Waals surface area (Å²) in [6.07, 6.45) is 1.41. The molecule has 4 nitrogen and oxygen atoms in total. The summed E-state index contributed by atoms with van der Waals surface area (Å²) in [5.74, 6) is 0.723. The maximum Gasteiger partial charge on any atom is 0.0709 e. The molecule has 2 saturated heterocycles. The third-order valence-corrected chi connectivity index (χ3v) is 10.2. The number of nitrogens with zero attached hydrogens (tertiary/aromatic N) is 2. The molecule has 22 heavy (non-hydrogen) atoms. The highest BCUT2D eigenvalue weighted by atomic mass is 28.3. The van der Waals surface area contributed by atoms with Gasteiger partial charge >= 0.3 is 0 Å². The molecule has 0 atom stereocenters. The second-order valence-electron chi connectivity index (χ2n) is 7.22. The van der Waals surface area contributed by atoms with E-state index in [-0.39, 0.29) is 9.52 Å². The van der Waals surface area contributed by atoms with Gasteiger partial charge in [0.05, 0.1) is 44.0 Å². The van der Waals surface area contributed by atoms with E-state index >= 15 is 0 Å². The largest absolute Gasteiger partial charge is 0.379 e. The maximum atomic E-state index is 5.55. The molecule has 128 valence electrons. The second-order valence-corrected chi connectivity index (χ2v) is 14.1. The summed E-state index contributed by atoms with van der Waals surface area (Å²) in [4.78, 5) is 5.38. The summed E-state index contributed by atoms with van der Waals surface area (Å²) in [6.45, 7) is 17.0. The first-order valence-corrected chi connectivity index (χ1v) is 14.0. The highest BCUT2D eigenvalue weighted by Crippen LogP contribution is 2.17. The van der Waals surface area contributed by atoms with Crippen LogP contribution < -0.4 is 0 Å². The van der Waals surface area contributed by atoms with Crippen molar-refractivity contribution in [2.45, 2.75) is 37.4 Å². The number of rotatable bonds is 8. The lowest BCUT2D eigenvalue weighted by molar-refractivity contribution is -0.0392. The summed E-state index contributed by atoms with van der Waals surface area (Å²) < 4.78 is 11.1. The van der Waals surface area contributed by atoms with Crippen LogP contribution >= 0.6 is 0 Å². The first kappa shape index (κ1) is 18.4. The van der Waals surface area contributed by atoms with Crippen LogP contribution in [0.5, 0.6) is 0 Å². The smallest absolute Gasteiger partial charge is 0.0709 e. The minimum absolute atomic E-state index is 0.112. The topological polar surface area (TPSA) is 24.9 Å². The molecule has 0 aromatic rings. The minimum atomic E-state index is -1.11. The first-order valence-electron chi connectivity index (χ1n) is 8.89. The second kappa shape index (κ2) is 9.34. The van der Waals surface area contributed by atoms with Crippen LogP contribution in [0.15, 0.2) is 12.3 Å². The van der Waals surface area contributed by atoms with Crippen molar-refractivity contribution in [3.05, 3.63) is 12.3 Å². The van der Waals surface area contributed by atoms with Crippen LogP contribution in [0.1, 0.15) is 6.42 Å². The molecule has 0 bridgehead atoms. The van der Waals surface area contributed by atoms with E-state index in [1.807, 2.05) is 0 Å². The van der Waals surface area contributed by atoms with Crippen molar-refractivity contribution < 1.29 is 9.47 Å². The van der Waals surface area contributed by atoms with Gasteiger partial charge in [-0.3, -0.25) is 9.80 Å². The standard InChI is InChI=1S/C16H34N2O2Si2/c1-4-22(2,3)15-5-14-21-16(17-6-10-19-11-7-17)18-8-12-20-13-9-18/h4,16H,1,5-15,21H2,2-3H3. The van der Waals surface area contributed by atoms with Crippen LogP contribution in [0.3, 0.4) is 0 Å². The maximum absolute atomic E-state index is 5.55. The first-order chi connectivity index (χ1) is 10.6. The van der Waals surface area contributed by atoms with E-state index in [1.54, 1.807) is 0 Å². The van der Waals surface area contributed by atoms with Gasteiger partial charge in [-0.25, -0.2) is 0 Å². The van der Waals surface area contributed by atoms with Gasteiger partial charge in [-0.2, -0.15) is 0 Å².